The number of hydrogen-bond donors (Lipinski definition) is 1. The van der Waals surface area contributed by atoms with Gasteiger partial charge in [0.15, 0.2) is 11.5 Å². The fourth-order valence-electron chi connectivity index (χ4n) is 10.2. The van der Waals surface area contributed by atoms with E-state index in [1.54, 1.807) is 11.8 Å². The summed E-state index contributed by atoms with van der Waals surface area (Å²) in [5.41, 5.74) is 6.51. The number of imide groups is 1. The Labute approximate surface area is 368 Å². The van der Waals surface area contributed by atoms with E-state index in [1.807, 2.05) is 67.4 Å². The molecule has 0 saturated carbocycles. The van der Waals surface area contributed by atoms with Crippen molar-refractivity contribution in [3.8, 4) is 29.1 Å². The third kappa shape index (κ3) is 8.69. The summed E-state index contributed by atoms with van der Waals surface area (Å²) in [7, 11) is 3.46. The minimum Gasteiger partial charge on any atom is -0.493 e. The molecule has 3 fully saturated rings. The Hall–Kier alpha value is -6.39. The number of fused-ring (bicyclic) bond motifs is 2. The quantitative estimate of drug-likeness (QED) is 0.116. The third-order valence-electron chi connectivity index (χ3n) is 13.6. The van der Waals surface area contributed by atoms with E-state index in [0.29, 0.717) is 54.9 Å². The van der Waals surface area contributed by atoms with Crippen molar-refractivity contribution in [3.63, 3.8) is 0 Å². The molecule has 0 aliphatic carbocycles. The van der Waals surface area contributed by atoms with E-state index >= 15 is 0 Å². The maximum absolute atomic E-state index is 14.0. The number of carbonyl (C=O) groups excluding carboxylic acids is 3. The third-order valence-corrected chi connectivity index (χ3v) is 13.6. The van der Waals surface area contributed by atoms with Crippen LogP contribution in [0.4, 0.5) is 5.69 Å². The number of amides is 3. The number of nitriles is 1. The summed E-state index contributed by atoms with van der Waals surface area (Å²) in [6.45, 7) is 7.94. The van der Waals surface area contributed by atoms with Crippen molar-refractivity contribution >= 4 is 34.3 Å². The molecule has 3 amide bonds. The molecule has 13 heteroatoms. The van der Waals surface area contributed by atoms with Crippen molar-refractivity contribution < 1.29 is 28.6 Å². The number of aryl methyl sites for hydroxylation is 1. The first-order valence-corrected chi connectivity index (χ1v) is 22.4. The Balaban J connectivity index is 0.749. The molecule has 1 unspecified atom stereocenters. The largest absolute Gasteiger partial charge is 0.493 e. The molecule has 1 aromatic heterocycles. The lowest BCUT2D eigenvalue weighted by Crippen LogP contribution is -2.40. The predicted molar refractivity (Wildman–Crippen MR) is 239 cm³/mol. The topological polar surface area (TPSA) is 142 Å². The first-order valence-electron chi connectivity index (χ1n) is 22.4. The van der Waals surface area contributed by atoms with Crippen LogP contribution < -0.4 is 24.4 Å². The highest BCUT2D eigenvalue weighted by molar-refractivity contribution is 6.02. The molecular formula is C50H55N7O6. The number of methoxy groups -OCH3 is 1. The van der Waals surface area contributed by atoms with Crippen LogP contribution in [-0.2, 0) is 29.7 Å². The zero-order valence-electron chi connectivity index (χ0n) is 36.3. The van der Waals surface area contributed by atoms with Gasteiger partial charge in [0, 0.05) is 62.4 Å². The van der Waals surface area contributed by atoms with Crippen molar-refractivity contribution in [2.75, 3.05) is 44.8 Å². The Morgan fingerprint density at radius 2 is 1.60 bits per heavy atom. The molecule has 0 spiro atoms. The molecule has 5 aromatic rings. The number of benzene rings is 4. The van der Waals surface area contributed by atoms with Crippen LogP contribution in [0.25, 0.3) is 10.9 Å². The summed E-state index contributed by atoms with van der Waals surface area (Å²) in [6, 6.07) is 28.1. The van der Waals surface area contributed by atoms with E-state index in [2.05, 4.69) is 56.6 Å². The zero-order chi connectivity index (χ0) is 43.6. The Bertz CT molecular complexity index is 2550. The first-order chi connectivity index (χ1) is 30.7. The number of anilines is 1. The van der Waals surface area contributed by atoms with Crippen LogP contribution in [0.1, 0.15) is 96.6 Å². The lowest BCUT2D eigenvalue weighted by atomic mass is 9.78. The standard InChI is InChI=1S/C50H55N7O6/c1-4-62-46-27-35(8-15-45(46)61-3)43(17-22-51)57-31-36-7-9-37(28-42(36)50(57)60)56-25-20-34(21-26-56)33-18-23-55(24-19-33)30-32-5-10-38(11-6-32)63-39-12-13-40-44(29-39)54(2)53-48(40)41-14-16-47(58)52-49(41)59/h5-13,15,27-29,33-34,41,43H,4,14,16-21,23-26,30-31H2,1-3H3,(H,52,58,59)/t41?,43-/m1/s1. The minimum atomic E-state index is -0.444. The number of nitrogens with one attached hydrogen (secondary N) is 1. The molecule has 9 rings (SSSR count). The van der Waals surface area contributed by atoms with Gasteiger partial charge in [0.1, 0.15) is 11.5 Å². The summed E-state index contributed by atoms with van der Waals surface area (Å²) < 4.78 is 19.3. The van der Waals surface area contributed by atoms with Crippen molar-refractivity contribution in [1.82, 2.24) is 24.9 Å². The predicted octanol–water partition coefficient (Wildman–Crippen LogP) is 8.03. The van der Waals surface area contributed by atoms with Gasteiger partial charge in [-0.1, -0.05) is 24.3 Å². The summed E-state index contributed by atoms with van der Waals surface area (Å²) in [6.07, 6.45) is 5.69. The monoisotopic (exact) mass is 849 g/mol. The van der Waals surface area contributed by atoms with E-state index in [4.69, 9.17) is 14.2 Å². The SMILES string of the molecule is CCOc1cc([C@@H](CC#N)N2Cc3ccc(N4CCC(C5CCN(Cc6ccc(Oc7ccc8c(C9CCC(=O)NC9=O)nn(C)c8c7)cc6)CC5)CC4)cc3C2=O)ccc1OC. The molecule has 5 heterocycles. The van der Waals surface area contributed by atoms with Gasteiger partial charge < -0.3 is 24.0 Å². The van der Waals surface area contributed by atoms with Crippen molar-refractivity contribution in [2.45, 2.75) is 76.9 Å². The van der Waals surface area contributed by atoms with Gasteiger partial charge in [-0.3, -0.25) is 29.3 Å². The fraction of sp³-hybridized carbons (Fsp3) is 0.420. The number of hydrogen-bond acceptors (Lipinski definition) is 10. The molecule has 13 nitrogen and oxygen atoms in total. The van der Waals surface area contributed by atoms with Crippen LogP contribution >= 0.6 is 0 Å². The van der Waals surface area contributed by atoms with E-state index in [-0.39, 0.29) is 24.1 Å². The molecule has 326 valence electrons. The van der Waals surface area contributed by atoms with E-state index < -0.39 is 12.0 Å². The second-order valence-electron chi connectivity index (χ2n) is 17.4. The van der Waals surface area contributed by atoms with E-state index in [1.165, 1.54) is 18.4 Å². The van der Waals surface area contributed by atoms with Gasteiger partial charge in [0.2, 0.25) is 11.8 Å². The first kappa shape index (κ1) is 41.9. The van der Waals surface area contributed by atoms with Crippen LogP contribution in [0.3, 0.4) is 0 Å². The molecule has 4 aliphatic heterocycles. The van der Waals surface area contributed by atoms with Crippen LogP contribution in [-0.4, -0.2) is 77.2 Å². The Morgan fingerprint density at radius 1 is 0.857 bits per heavy atom. The van der Waals surface area contributed by atoms with Gasteiger partial charge in [-0.05, 0) is 129 Å². The highest BCUT2D eigenvalue weighted by atomic mass is 16.5. The summed E-state index contributed by atoms with van der Waals surface area (Å²) >= 11 is 0. The van der Waals surface area contributed by atoms with E-state index in [0.717, 1.165) is 90.5 Å². The van der Waals surface area contributed by atoms with Gasteiger partial charge in [0.25, 0.3) is 5.91 Å². The highest BCUT2D eigenvalue weighted by Crippen LogP contribution is 2.40. The minimum absolute atomic E-state index is 0.0321. The van der Waals surface area contributed by atoms with Gasteiger partial charge in [0.05, 0.1) is 49.4 Å². The molecule has 3 saturated heterocycles. The van der Waals surface area contributed by atoms with Gasteiger partial charge in [-0.2, -0.15) is 10.4 Å². The molecule has 63 heavy (non-hydrogen) atoms. The average Bonchev–Trinajstić information content (AvgIpc) is 3.81. The van der Waals surface area contributed by atoms with Crippen LogP contribution in [0, 0.1) is 23.2 Å². The van der Waals surface area contributed by atoms with Gasteiger partial charge in [-0.25, -0.2) is 0 Å². The van der Waals surface area contributed by atoms with E-state index in [9.17, 15) is 19.6 Å². The van der Waals surface area contributed by atoms with Crippen molar-refractivity contribution in [2.24, 2.45) is 18.9 Å². The van der Waals surface area contributed by atoms with Crippen LogP contribution in [0.15, 0.2) is 78.9 Å². The maximum atomic E-state index is 14.0. The van der Waals surface area contributed by atoms with Crippen LogP contribution in [0.2, 0.25) is 0 Å². The number of nitrogens with zero attached hydrogens (tertiary/aromatic N) is 6. The van der Waals surface area contributed by atoms with Crippen LogP contribution in [0.5, 0.6) is 23.0 Å². The second-order valence-corrected chi connectivity index (χ2v) is 17.4. The molecular weight excluding hydrogens is 795 g/mol. The number of carbonyl (C=O) groups is 3. The molecule has 0 bridgehead atoms. The lowest BCUT2D eigenvalue weighted by Gasteiger charge is -2.41. The van der Waals surface area contributed by atoms with Crippen molar-refractivity contribution in [3.05, 3.63) is 107 Å². The average molecular weight is 850 g/mol. The number of rotatable bonds is 13. The Kier molecular flexibility index (Phi) is 12.1. The number of likely N-dealkylation sites (tertiary alicyclic amines) is 1. The second kappa shape index (κ2) is 18.1. The lowest BCUT2D eigenvalue weighted by molar-refractivity contribution is -0.134. The molecule has 0 radical (unpaired) electrons. The maximum Gasteiger partial charge on any atom is 0.255 e. The summed E-state index contributed by atoms with van der Waals surface area (Å²) in [4.78, 5) is 45.0. The normalized spacial score (nSPS) is 19.2. The van der Waals surface area contributed by atoms with Gasteiger partial charge in [-0.15, -0.1) is 0 Å². The molecule has 4 aromatic carbocycles. The molecule has 1 N–H and O–H groups in total. The highest BCUT2D eigenvalue weighted by Gasteiger charge is 2.36. The number of ether oxygens (including phenoxy) is 3. The fourth-order valence-corrected chi connectivity index (χ4v) is 10.2. The van der Waals surface area contributed by atoms with Crippen molar-refractivity contribution in [1.29, 1.82) is 5.26 Å². The Morgan fingerprint density at radius 3 is 2.32 bits per heavy atom. The van der Waals surface area contributed by atoms with Gasteiger partial charge >= 0.3 is 0 Å². The summed E-state index contributed by atoms with van der Waals surface area (Å²) in [5.74, 6) is 3.12. The number of aromatic nitrogens is 2. The molecule has 4 aliphatic rings. The zero-order valence-corrected chi connectivity index (χ0v) is 36.3. The smallest absolute Gasteiger partial charge is 0.255 e. The summed E-state index contributed by atoms with van der Waals surface area (Å²) in [5, 5.41) is 17.8. The number of piperidine rings is 3. The molecule has 2 atom stereocenters.